The summed E-state index contributed by atoms with van der Waals surface area (Å²) in [6.07, 6.45) is 5.54. The van der Waals surface area contributed by atoms with Crippen LogP contribution in [0.25, 0.3) is 33.6 Å². The zero-order valence-electron chi connectivity index (χ0n) is 19.2. The Kier molecular flexibility index (Phi) is 4.69. The fourth-order valence-corrected chi connectivity index (χ4v) is 5.10. The van der Waals surface area contributed by atoms with Crippen LogP contribution in [0.15, 0.2) is 47.8 Å². The Labute approximate surface area is 198 Å². The smallest absolute Gasteiger partial charge is 0.326 e. The Morgan fingerprint density at radius 1 is 1.20 bits per heavy atom. The number of carboxylic acid groups (broad SMARTS) is 1. The normalized spacial score (nSPS) is 18.5. The van der Waals surface area contributed by atoms with E-state index in [0.717, 1.165) is 5.56 Å². The molecule has 1 aromatic carbocycles. The van der Waals surface area contributed by atoms with Gasteiger partial charge in [-0.15, -0.1) is 0 Å². The van der Waals surface area contributed by atoms with E-state index >= 15 is 0 Å². The highest BCUT2D eigenvalue weighted by molar-refractivity contribution is 5.87. The van der Waals surface area contributed by atoms with Gasteiger partial charge in [-0.1, -0.05) is 12.1 Å². The molecule has 6 rings (SSSR count). The molecular formula is C23H23N9O3. The van der Waals surface area contributed by atoms with Crippen molar-refractivity contribution >= 4 is 34.0 Å². The fourth-order valence-electron chi connectivity index (χ4n) is 5.10. The van der Waals surface area contributed by atoms with Gasteiger partial charge in [0.05, 0.1) is 34.8 Å². The average Bonchev–Trinajstić information content (AvgIpc) is 3.53. The molecule has 1 fully saturated rings. The van der Waals surface area contributed by atoms with Gasteiger partial charge in [0, 0.05) is 33.4 Å². The standard InChI is InChI=1S/C23H23N9O3/c1-29-10-13(9-26-29)19-28-18-20(30(19)2)24-12-25-21(18)31-8-7-16(14(11-31)22(33)34)32-17-6-4-3-5-15(17)27-23(32)35/h3-6,9-10,12,14,16H,7-8,11H2,1-2H3,(H,27,35)(H,33,34). The number of para-hydroxylation sites is 2. The van der Waals surface area contributed by atoms with Crippen LogP contribution in [-0.4, -0.2) is 63.0 Å². The van der Waals surface area contributed by atoms with Crippen molar-refractivity contribution in [3.63, 3.8) is 0 Å². The molecule has 0 bridgehead atoms. The van der Waals surface area contributed by atoms with Crippen LogP contribution in [0.2, 0.25) is 0 Å². The van der Waals surface area contributed by atoms with Crippen LogP contribution >= 0.6 is 0 Å². The Morgan fingerprint density at radius 3 is 2.80 bits per heavy atom. The lowest BCUT2D eigenvalue weighted by Crippen LogP contribution is -2.46. The van der Waals surface area contributed by atoms with Crippen molar-refractivity contribution in [1.29, 1.82) is 0 Å². The zero-order chi connectivity index (χ0) is 24.3. The molecule has 4 aromatic heterocycles. The van der Waals surface area contributed by atoms with E-state index in [9.17, 15) is 14.7 Å². The summed E-state index contributed by atoms with van der Waals surface area (Å²) >= 11 is 0. The minimum Gasteiger partial charge on any atom is -0.481 e. The summed E-state index contributed by atoms with van der Waals surface area (Å²) in [5.74, 6) is -0.493. The molecule has 0 amide bonds. The lowest BCUT2D eigenvalue weighted by molar-refractivity contribution is -0.143. The third kappa shape index (κ3) is 3.28. The van der Waals surface area contributed by atoms with Gasteiger partial charge in [0.15, 0.2) is 17.0 Å². The van der Waals surface area contributed by atoms with Crippen LogP contribution in [-0.2, 0) is 18.9 Å². The molecule has 178 valence electrons. The molecular weight excluding hydrogens is 450 g/mol. The number of imidazole rings is 2. The van der Waals surface area contributed by atoms with E-state index < -0.39 is 17.9 Å². The van der Waals surface area contributed by atoms with E-state index in [-0.39, 0.29) is 12.2 Å². The van der Waals surface area contributed by atoms with E-state index in [1.807, 2.05) is 54.0 Å². The molecule has 2 atom stereocenters. The molecule has 35 heavy (non-hydrogen) atoms. The number of H-pyrrole nitrogens is 1. The monoisotopic (exact) mass is 473 g/mol. The van der Waals surface area contributed by atoms with Gasteiger partial charge in [0.1, 0.15) is 12.2 Å². The van der Waals surface area contributed by atoms with Gasteiger partial charge in [0.2, 0.25) is 0 Å². The number of aromatic nitrogens is 8. The molecule has 5 aromatic rings. The largest absolute Gasteiger partial charge is 0.481 e. The zero-order valence-corrected chi connectivity index (χ0v) is 19.2. The molecule has 0 saturated carbocycles. The number of anilines is 1. The topological polar surface area (TPSA) is 140 Å². The van der Waals surface area contributed by atoms with Crippen LogP contribution < -0.4 is 10.6 Å². The molecule has 0 spiro atoms. The van der Waals surface area contributed by atoms with E-state index in [1.165, 1.54) is 6.33 Å². The minimum absolute atomic E-state index is 0.191. The summed E-state index contributed by atoms with van der Waals surface area (Å²) in [7, 11) is 3.72. The van der Waals surface area contributed by atoms with Crippen LogP contribution in [0.4, 0.5) is 5.82 Å². The molecule has 12 nitrogen and oxygen atoms in total. The van der Waals surface area contributed by atoms with Crippen LogP contribution in [0.5, 0.6) is 0 Å². The number of benzene rings is 1. The first kappa shape index (κ1) is 21.1. The number of nitrogens with zero attached hydrogens (tertiary/aromatic N) is 8. The van der Waals surface area contributed by atoms with Gasteiger partial charge in [-0.3, -0.25) is 14.0 Å². The van der Waals surface area contributed by atoms with Gasteiger partial charge in [-0.2, -0.15) is 5.10 Å². The predicted octanol–water partition coefficient (Wildman–Crippen LogP) is 1.56. The molecule has 2 N–H and O–H groups in total. The second-order valence-corrected chi connectivity index (χ2v) is 8.83. The molecule has 0 aliphatic carbocycles. The van der Waals surface area contributed by atoms with Gasteiger partial charge >= 0.3 is 11.7 Å². The number of hydrogen-bond acceptors (Lipinski definition) is 7. The first-order chi connectivity index (χ1) is 16.9. The number of aromatic amines is 1. The van der Waals surface area contributed by atoms with Crippen molar-refractivity contribution in [3.05, 3.63) is 53.5 Å². The first-order valence-corrected chi connectivity index (χ1v) is 11.3. The van der Waals surface area contributed by atoms with E-state index in [1.54, 1.807) is 15.4 Å². The number of hydrogen-bond donors (Lipinski definition) is 2. The summed E-state index contributed by atoms with van der Waals surface area (Å²) in [6, 6.07) is 6.85. The Balaban J connectivity index is 1.39. The average molecular weight is 473 g/mol. The number of aryl methyl sites for hydroxylation is 2. The van der Waals surface area contributed by atoms with E-state index in [4.69, 9.17) is 4.98 Å². The van der Waals surface area contributed by atoms with Gasteiger partial charge in [0.25, 0.3) is 0 Å². The van der Waals surface area contributed by atoms with E-state index in [2.05, 4.69) is 20.1 Å². The summed E-state index contributed by atoms with van der Waals surface area (Å²) in [6.45, 7) is 0.710. The van der Waals surface area contributed by atoms with Crippen molar-refractivity contribution in [3.8, 4) is 11.4 Å². The number of nitrogens with one attached hydrogen (secondary N) is 1. The maximum absolute atomic E-state index is 12.8. The van der Waals surface area contributed by atoms with Crippen molar-refractivity contribution < 1.29 is 9.90 Å². The SMILES string of the molecule is Cn1cc(-c2nc3c(N4CCC(n5c(=O)[nH]c6ccccc65)C(C(=O)O)C4)ncnc3n2C)cn1. The molecule has 1 aliphatic heterocycles. The highest BCUT2D eigenvalue weighted by Crippen LogP contribution is 2.34. The highest BCUT2D eigenvalue weighted by Gasteiger charge is 2.38. The maximum Gasteiger partial charge on any atom is 0.326 e. The van der Waals surface area contributed by atoms with E-state index in [0.29, 0.717) is 46.8 Å². The quantitative estimate of drug-likeness (QED) is 0.401. The third-order valence-corrected chi connectivity index (χ3v) is 6.75. The van der Waals surface area contributed by atoms with Crippen LogP contribution in [0.3, 0.4) is 0 Å². The Morgan fingerprint density at radius 2 is 2.03 bits per heavy atom. The van der Waals surface area contributed by atoms with Crippen LogP contribution in [0.1, 0.15) is 12.5 Å². The van der Waals surface area contributed by atoms with Crippen LogP contribution in [0, 0.1) is 5.92 Å². The second kappa shape index (κ2) is 7.79. The summed E-state index contributed by atoms with van der Waals surface area (Å²) in [5.41, 5.74) is 3.19. The van der Waals surface area contributed by atoms with Gasteiger partial charge in [-0.05, 0) is 18.6 Å². The van der Waals surface area contributed by atoms with Crippen molar-refractivity contribution in [2.75, 3.05) is 18.0 Å². The highest BCUT2D eigenvalue weighted by atomic mass is 16.4. The molecule has 2 unspecified atom stereocenters. The molecule has 1 aliphatic rings. The lowest BCUT2D eigenvalue weighted by atomic mass is 9.91. The van der Waals surface area contributed by atoms with Gasteiger partial charge in [-0.25, -0.2) is 19.7 Å². The molecule has 12 heteroatoms. The molecule has 0 radical (unpaired) electrons. The summed E-state index contributed by atoms with van der Waals surface area (Å²) < 4.78 is 5.17. The number of carboxylic acids is 1. The number of fused-ring (bicyclic) bond motifs is 2. The minimum atomic E-state index is -0.959. The number of piperidine rings is 1. The Bertz CT molecular complexity index is 1640. The number of carbonyl (C=O) groups is 1. The Hall–Kier alpha value is -4.48. The van der Waals surface area contributed by atoms with Crippen molar-refractivity contribution in [2.45, 2.75) is 12.5 Å². The third-order valence-electron chi connectivity index (χ3n) is 6.75. The van der Waals surface area contributed by atoms with Crippen molar-refractivity contribution in [2.24, 2.45) is 20.0 Å². The number of rotatable bonds is 4. The van der Waals surface area contributed by atoms with Gasteiger partial charge < -0.3 is 19.6 Å². The predicted molar refractivity (Wildman–Crippen MR) is 128 cm³/mol. The second-order valence-electron chi connectivity index (χ2n) is 8.83. The first-order valence-electron chi connectivity index (χ1n) is 11.3. The summed E-state index contributed by atoms with van der Waals surface area (Å²) in [5, 5.41) is 14.4. The lowest BCUT2D eigenvalue weighted by Gasteiger charge is -2.37. The fraction of sp³-hybridized carbons (Fsp3) is 0.304. The maximum atomic E-state index is 12.8. The number of aliphatic carboxylic acids is 1. The summed E-state index contributed by atoms with van der Waals surface area (Å²) in [4.78, 5) is 43.6. The molecule has 1 saturated heterocycles. The molecule has 5 heterocycles. The van der Waals surface area contributed by atoms with Crippen molar-refractivity contribution in [1.82, 2.24) is 38.9 Å².